The first-order valence-corrected chi connectivity index (χ1v) is 8.26. The third-order valence-electron chi connectivity index (χ3n) is 4.53. The van der Waals surface area contributed by atoms with E-state index in [0.717, 1.165) is 43.6 Å². The minimum absolute atomic E-state index is 0.0758. The van der Waals surface area contributed by atoms with Gasteiger partial charge in [0.05, 0.1) is 5.56 Å². The first-order valence-electron chi connectivity index (χ1n) is 8.26. The number of ketones is 1. The maximum absolute atomic E-state index is 12.6. The van der Waals surface area contributed by atoms with Crippen LogP contribution in [-0.2, 0) is 12.7 Å². The molecular formula is C19H19F3N2O. The summed E-state index contributed by atoms with van der Waals surface area (Å²) in [5, 5.41) is 0. The van der Waals surface area contributed by atoms with E-state index < -0.39 is 11.7 Å². The number of carbonyl (C=O) groups excluding carboxylic acids is 1. The number of hydrogen-bond donors (Lipinski definition) is 0. The monoisotopic (exact) mass is 348 g/mol. The molecule has 1 aromatic carbocycles. The second-order valence-corrected chi connectivity index (χ2v) is 6.37. The molecule has 132 valence electrons. The van der Waals surface area contributed by atoms with E-state index in [1.54, 1.807) is 12.4 Å². The van der Waals surface area contributed by atoms with E-state index in [2.05, 4.69) is 9.88 Å². The lowest BCUT2D eigenvalue weighted by Crippen LogP contribution is -2.38. The van der Waals surface area contributed by atoms with Crippen LogP contribution in [0.15, 0.2) is 48.8 Å². The number of likely N-dealkylation sites (tertiary alicyclic amines) is 1. The number of piperidine rings is 1. The fourth-order valence-electron chi connectivity index (χ4n) is 3.22. The van der Waals surface area contributed by atoms with Crippen LogP contribution < -0.4 is 0 Å². The van der Waals surface area contributed by atoms with Crippen molar-refractivity contribution in [2.45, 2.75) is 25.6 Å². The third-order valence-corrected chi connectivity index (χ3v) is 4.53. The maximum Gasteiger partial charge on any atom is 0.416 e. The molecular weight excluding hydrogens is 329 g/mol. The van der Waals surface area contributed by atoms with Gasteiger partial charge < -0.3 is 0 Å². The summed E-state index contributed by atoms with van der Waals surface area (Å²) in [6.07, 6.45) is 0.775. The summed E-state index contributed by atoms with van der Waals surface area (Å²) in [7, 11) is 0. The Morgan fingerprint density at radius 3 is 2.44 bits per heavy atom. The van der Waals surface area contributed by atoms with E-state index >= 15 is 0 Å². The van der Waals surface area contributed by atoms with E-state index in [1.165, 1.54) is 12.1 Å². The normalized spacial score (nSPS) is 18.9. The van der Waals surface area contributed by atoms with E-state index in [0.29, 0.717) is 12.1 Å². The minimum Gasteiger partial charge on any atom is -0.298 e. The Labute approximate surface area is 144 Å². The lowest BCUT2D eigenvalue weighted by molar-refractivity contribution is -0.137. The third kappa shape index (κ3) is 4.45. The largest absolute Gasteiger partial charge is 0.416 e. The number of aromatic nitrogens is 1. The molecule has 0 N–H and O–H groups in total. The summed E-state index contributed by atoms with van der Waals surface area (Å²) in [5.74, 6) is -0.250. The molecule has 0 amide bonds. The SMILES string of the molecule is O=C(c1ccc(C(F)(F)F)cc1)[C@@H]1CCCN(Cc2ccncc2)C1. The van der Waals surface area contributed by atoms with Crippen molar-refractivity contribution in [3.63, 3.8) is 0 Å². The summed E-state index contributed by atoms with van der Waals surface area (Å²) in [6.45, 7) is 2.29. The number of rotatable bonds is 4. The van der Waals surface area contributed by atoms with Crippen molar-refractivity contribution in [1.29, 1.82) is 0 Å². The zero-order valence-electron chi connectivity index (χ0n) is 13.7. The number of alkyl halides is 3. The number of Topliss-reactive ketones (excluding diaryl/α,β-unsaturated/α-hetero) is 1. The topological polar surface area (TPSA) is 33.2 Å². The van der Waals surface area contributed by atoms with Gasteiger partial charge >= 0.3 is 6.18 Å². The zero-order valence-corrected chi connectivity index (χ0v) is 13.7. The molecule has 1 fully saturated rings. The predicted molar refractivity (Wildman–Crippen MR) is 88.0 cm³/mol. The summed E-state index contributed by atoms with van der Waals surface area (Å²) in [6, 6.07) is 8.41. The van der Waals surface area contributed by atoms with E-state index in [9.17, 15) is 18.0 Å². The van der Waals surface area contributed by atoms with Gasteiger partial charge in [-0.2, -0.15) is 13.2 Å². The van der Waals surface area contributed by atoms with E-state index in [-0.39, 0.29) is 11.7 Å². The molecule has 1 aromatic heterocycles. The highest BCUT2D eigenvalue weighted by Gasteiger charge is 2.31. The fourth-order valence-corrected chi connectivity index (χ4v) is 3.22. The Morgan fingerprint density at radius 1 is 1.12 bits per heavy atom. The number of halogens is 3. The standard InChI is InChI=1S/C19H19F3N2O/c20-19(21,22)17-5-3-15(4-6-17)18(25)16-2-1-11-24(13-16)12-14-7-9-23-10-8-14/h3-10,16H,1-2,11-13H2/t16-/m1/s1. The van der Waals surface area contributed by atoms with Gasteiger partial charge in [-0.3, -0.25) is 14.7 Å². The Balaban J connectivity index is 1.65. The molecule has 0 aliphatic carbocycles. The summed E-state index contributed by atoms with van der Waals surface area (Å²) in [5.41, 5.74) is 0.758. The maximum atomic E-state index is 12.6. The molecule has 1 aliphatic heterocycles. The van der Waals surface area contributed by atoms with Crippen molar-refractivity contribution in [3.8, 4) is 0 Å². The molecule has 25 heavy (non-hydrogen) atoms. The van der Waals surface area contributed by atoms with Crippen LogP contribution in [0.3, 0.4) is 0 Å². The Kier molecular flexibility index (Phi) is 5.18. The van der Waals surface area contributed by atoms with Crippen molar-refractivity contribution >= 4 is 5.78 Å². The van der Waals surface area contributed by atoms with Crippen molar-refractivity contribution < 1.29 is 18.0 Å². The second-order valence-electron chi connectivity index (χ2n) is 6.37. The van der Waals surface area contributed by atoms with Gasteiger partial charge in [0.15, 0.2) is 5.78 Å². The summed E-state index contributed by atoms with van der Waals surface area (Å²) < 4.78 is 37.9. The molecule has 3 nitrogen and oxygen atoms in total. The smallest absolute Gasteiger partial charge is 0.298 e. The van der Waals surface area contributed by atoms with Crippen LogP contribution in [-0.4, -0.2) is 28.8 Å². The highest BCUT2D eigenvalue weighted by Crippen LogP contribution is 2.30. The van der Waals surface area contributed by atoms with Gasteiger partial charge in [-0.15, -0.1) is 0 Å². The van der Waals surface area contributed by atoms with Gasteiger partial charge in [-0.05, 0) is 49.2 Å². The van der Waals surface area contributed by atoms with Gasteiger partial charge in [-0.1, -0.05) is 12.1 Å². The van der Waals surface area contributed by atoms with Crippen LogP contribution >= 0.6 is 0 Å². The minimum atomic E-state index is -4.38. The van der Waals surface area contributed by atoms with Crippen molar-refractivity contribution in [2.24, 2.45) is 5.92 Å². The Morgan fingerprint density at radius 2 is 1.80 bits per heavy atom. The molecule has 3 rings (SSSR count). The molecule has 0 saturated carbocycles. The van der Waals surface area contributed by atoms with Crippen LogP contribution in [0, 0.1) is 5.92 Å². The number of nitrogens with zero attached hydrogens (tertiary/aromatic N) is 2. The van der Waals surface area contributed by atoms with Crippen LogP contribution in [0.25, 0.3) is 0 Å². The average molecular weight is 348 g/mol. The molecule has 2 heterocycles. The zero-order chi connectivity index (χ0) is 17.9. The Bertz CT molecular complexity index is 714. The number of hydrogen-bond acceptors (Lipinski definition) is 3. The van der Waals surface area contributed by atoms with Crippen LogP contribution in [0.1, 0.15) is 34.3 Å². The first kappa shape index (κ1) is 17.6. The molecule has 1 atom stereocenters. The fraction of sp³-hybridized carbons (Fsp3) is 0.368. The Hall–Kier alpha value is -2.21. The van der Waals surface area contributed by atoms with Gasteiger partial charge in [0.2, 0.25) is 0 Å². The van der Waals surface area contributed by atoms with Gasteiger partial charge in [0, 0.05) is 37.0 Å². The lowest BCUT2D eigenvalue weighted by Gasteiger charge is -2.32. The molecule has 0 radical (unpaired) electrons. The highest BCUT2D eigenvalue weighted by atomic mass is 19.4. The molecule has 2 aromatic rings. The van der Waals surface area contributed by atoms with Crippen LogP contribution in [0.5, 0.6) is 0 Å². The van der Waals surface area contributed by atoms with Gasteiger partial charge in [0.1, 0.15) is 0 Å². The quantitative estimate of drug-likeness (QED) is 0.777. The van der Waals surface area contributed by atoms with Crippen LogP contribution in [0.4, 0.5) is 13.2 Å². The highest BCUT2D eigenvalue weighted by molar-refractivity contribution is 5.98. The lowest BCUT2D eigenvalue weighted by atomic mass is 9.89. The molecule has 0 unspecified atom stereocenters. The van der Waals surface area contributed by atoms with Crippen LogP contribution in [0.2, 0.25) is 0 Å². The van der Waals surface area contributed by atoms with Gasteiger partial charge in [0.25, 0.3) is 0 Å². The number of benzene rings is 1. The number of pyridine rings is 1. The second kappa shape index (κ2) is 7.35. The van der Waals surface area contributed by atoms with E-state index in [4.69, 9.17) is 0 Å². The summed E-state index contributed by atoms with van der Waals surface area (Å²) in [4.78, 5) is 18.8. The predicted octanol–water partition coefficient (Wildman–Crippen LogP) is 4.20. The molecule has 1 saturated heterocycles. The van der Waals surface area contributed by atoms with E-state index in [1.807, 2.05) is 12.1 Å². The molecule has 0 spiro atoms. The molecule has 6 heteroatoms. The molecule has 0 bridgehead atoms. The number of carbonyl (C=O) groups is 1. The average Bonchev–Trinajstić information content (AvgIpc) is 2.61. The van der Waals surface area contributed by atoms with Crippen molar-refractivity contribution in [1.82, 2.24) is 9.88 Å². The molecule has 1 aliphatic rings. The van der Waals surface area contributed by atoms with Crippen molar-refractivity contribution in [3.05, 3.63) is 65.5 Å². The van der Waals surface area contributed by atoms with Crippen molar-refractivity contribution in [2.75, 3.05) is 13.1 Å². The first-order chi connectivity index (χ1) is 11.9. The van der Waals surface area contributed by atoms with Gasteiger partial charge in [-0.25, -0.2) is 0 Å². The summed E-state index contributed by atoms with van der Waals surface area (Å²) >= 11 is 0.